The third kappa shape index (κ3) is 3.14. The normalized spacial score (nSPS) is 16.7. The van der Waals surface area contributed by atoms with Crippen LogP contribution in [0.2, 0.25) is 0 Å². The first-order chi connectivity index (χ1) is 8.52. The quantitative estimate of drug-likeness (QED) is 0.756. The predicted molar refractivity (Wildman–Crippen MR) is 69.7 cm³/mol. The van der Waals surface area contributed by atoms with E-state index in [9.17, 15) is 5.11 Å². The summed E-state index contributed by atoms with van der Waals surface area (Å²) in [4.78, 5) is 0. The van der Waals surface area contributed by atoms with Crippen molar-refractivity contribution in [2.24, 2.45) is 0 Å². The second kappa shape index (κ2) is 5.44. The minimum absolute atomic E-state index is 0.248. The third-order valence-corrected chi connectivity index (χ3v) is 3.44. The van der Waals surface area contributed by atoms with Gasteiger partial charge in [-0.25, -0.2) is 0 Å². The van der Waals surface area contributed by atoms with Crippen LogP contribution in [-0.4, -0.2) is 35.8 Å². The number of rotatable bonds is 5. The van der Waals surface area contributed by atoms with E-state index in [2.05, 4.69) is 21.2 Å². The summed E-state index contributed by atoms with van der Waals surface area (Å²) in [5.41, 5.74) is -0.101. The van der Waals surface area contributed by atoms with Crippen LogP contribution in [0.5, 0.6) is 11.5 Å². The average Bonchev–Trinajstić information content (AvgIpc) is 2.76. The van der Waals surface area contributed by atoms with Crippen LogP contribution >= 0.6 is 15.9 Å². The Hall–Kier alpha value is -0.820. The lowest BCUT2D eigenvalue weighted by molar-refractivity contribution is 0.00253. The van der Waals surface area contributed by atoms with Crippen LogP contribution in [-0.2, 0) is 6.54 Å². The second-order valence-electron chi connectivity index (χ2n) is 4.56. The highest BCUT2D eigenvalue weighted by Gasteiger charge is 2.19. The monoisotopic (exact) mass is 317 g/mol. The molecule has 0 amide bonds. The molecule has 0 aromatic heterocycles. The number of nitrogens with one attached hydrogen (secondary N) is 1. The van der Waals surface area contributed by atoms with Gasteiger partial charge in [0.05, 0.1) is 12.2 Å². The molecular weight excluding hydrogens is 302 g/mol. The summed E-state index contributed by atoms with van der Waals surface area (Å²) in [6, 6.07) is 3.76. The number of halogens is 1. The van der Waals surface area contributed by atoms with Gasteiger partial charge in [-0.1, -0.05) is 15.9 Å². The molecule has 0 aliphatic carbocycles. The Kier molecular flexibility index (Phi) is 4.11. The van der Waals surface area contributed by atoms with Gasteiger partial charge in [-0.3, -0.25) is 0 Å². The van der Waals surface area contributed by atoms with Crippen molar-refractivity contribution < 1.29 is 19.7 Å². The van der Waals surface area contributed by atoms with E-state index in [4.69, 9.17) is 14.6 Å². The third-order valence-electron chi connectivity index (χ3n) is 2.70. The fourth-order valence-corrected chi connectivity index (χ4v) is 2.08. The number of hydrogen-bond acceptors (Lipinski definition) is 5. The van der Waals surface area contributed by atoms with Crippen molar-refractivity contribution in [1.29, 1.82) is 0 Å². The summed E-state index contributed by atoms with van der Waals surface area (Å²) in [6.45, 7) is 2.42. The van der Waals surface area contributed by atoms with Crippen molar-refractivity contribution >= 4 is 15.9 Å². The molecular formula is C12H16BrNO4. The Morgan fingerprint density at radius 3 is 2.72 bits per heavy atom. The Balaban J connectivity index is 1.98. The number of aliphatic hydroxyl groups excluding tert-OH is 1. The molecule has 0 spiro atoms. The van der Waals surface area contributed by atoms with Crippen molar-refractivity contribution in [3.63, 3.8) is 0 Å². The number of ether oxygens (including phenoxy) is 2. The molecule has 1 unspecified atom stereocenters. The molecule has 0 saturated carbocycles. The van der Waals surface area contributed by atoms with Gasteiger partial charge in [-0.2, -0.15) is 0 Å². The number of benzene rings is 1. The van der Waals surface area contributed by atoms with Crippen molar-refractivity contribution in [2.75, 3.05) is 19.9 Å². The highest BCUT2D eigenvalue weighted by atomic mass is 79.9. The van der Waals surface area contributed by atoms with E-state index in [0.717, 1.165) is 21.5 Å². The molecule has 1 aliphatic rings. The van der Waals surface area contributed by atoms with E-state index < -0.39 is 5.60 Å². The van der Waals surface area contributed by atoms with E-state index >= 15 is 0 Å². The van der Waals surface area contributed by atoms with E-state index in [0.29, 0.717) is 13.1 Å². The summed E-state index contributed by atoms with van der Waals surface area (Å²) >= 11 is 3.46. The van der Waals surface area contributed by atoms with Crippen LogP contribution in [0.15, 0.2) is 16.6 Å². The lowest BCUT2D eigenvalue weighted by Crippen LogP contribution is -2.40. The van der Waals surface area contributed by atoms with Gasteiger partial charge in [-0.15, -0.1) is 0 Å². The summed E-state index contributed by atoms with van der Waals surface area (Å²) in [5, 5.41) is 21.7. The first-order valence-corrected chi connectivity index (χ1v) is 6.43. The van der Waals surface area contributed by atoms with Gasteiger partial charge in [0.15, 0.2) is 11.5 Å². The topological polar surface area (TPSA) is 71.0 Å². The summed E-state index contributed by atoms with van der Waals surface area (Å²) in [6.07, 6.45) is 0. The molecule has 2 rings (SSSR count). The van der Waals surface area contributed by atoms with Gasteiger partial charge in [0.2, 0.25) is 6.79 Å². The van der Waals surface area contributed by atoms with Crippen molar-refractivity contribution in [1.82, 2.24) is 5.32 Å². The Morgan fingerprint density at radius 2 is 2.06 bits per heavy atom. The number of hydrogen-bond donors (Lipinski definition) is 3. The zero-order chi connectivity index (χ0) is 13.2. The summed E-state index contributed by atoms with van der Waals surface area (Å²) < 4.78 is 11.5. The minimum Gasteiger partial charge on any atom is -0.454 e. The molecule has 3 N–H and O–H groups in total. The molecule has 1 aromatic rings. The van der Waals surface area contributed by atoms with Crippen LogP contribution < -0.4 is 14.8 Å². The van der Waals surface area contributed by atoms with E-state index in [1.807, 2.05) is 12.1 Å². The van der Waals surface area contributed by atoms with Gasteiger partial charge in [0.1, 0.15) is 0 Å². The molecule has 0 saturated heterocycles. The van der Waals surface area contributed by atoms with Crippen LogP contribution in [0.1, 0.15) is 12.5 Å². The Bertz CT molecular complexity index is 436. The Morgan fingerprint density at radius 1 is 1.39 bits per heavy atom. The maximum atomic E-state index is 9.66. The molecule has 1 aliphatic heterocycles. The van der Waals surface area contributed by atoms with Crippen molar-refractivity contribution in [3.8, 4) is 11.5 Å². The standard InChI is InChI=1S/C12H16BrNO4/c1-12(16,6-15)5-14-4-8-2-10-11(3-9(8)13)18-7-17-10/h2-3,14-16H,4-7H2,1H3. The molecule has 1 heterocycles. The van der Waals surface area contributed by atoms with Crippen molar-refractivity contribution in [3.05, 3.63) is 22.2 Å². The molecule has 100 valence electrons. The highest BCUT2D eigenvalue weighted by molar-refractivity contribution is 9.10. The maximum absolute atomic E-state index is 9.66. The SMILES string of the molecule is CC(O)(CO)CNCc1cc2c(cc1Br)OCO2. The van der Waals surface area contributed by atoms with E-state index in [1.54, 1.807) is 6.92 Å². The average molecular weight is 318 g/mol. The second-order valence-corrected chi connectivity index (χ2v) is 5.41. The van der Waals surface area contributed by atoms with Crippen LogP contribution in [0.4, 0.5) is 0 Å². The van der Waals surface area contributed by atoms with Gasteiger partial charge >= 0.3 is 0 Å². The lowest BCUT2D eigenvalue weighted by Gasteiger charge is -2.20. The zero-order valence-corrected chi connectivity index (χ0v) is 11.7. The van der Waals surface area contributed by atoms with Crippen LogP contribution in [0.3, 0.4) is 0 Å². The Labute approximate surface area is 114 Å². The minimum atomic E-state index is -1.11. The molecule has 5 nitrogen and oxygen atoms in total. The van der Waals surface area contributed by atoms with E-state index in [-0.39, 0.29) is 13.4 Å². The first kappa shape index (κ1) is 13.6. The predicted octanol–water partition coefficient (Wildman–Crippen LogP) is 1.01. The van der Waals surface area contributed by atoms with Gasteiger partial charge in [0.25, 0.3) is 0 Å². The molecule has 0 fully saturated rings. The summed E-state index contributed by atoms with van der Waals surface area (Å²) in [5.74, 6) is 1.46. The lowest BCUT2D eigenvalue weighted by atomic mass is 10.1. The van der Waals surface area contributed by atoms with Gasteiger partial charge in [0, 0.05) is 17.6 Å². The zero-order valence-electron chi connectivity index (χ0n) is 10.1. The number of fused-ring (bicyclic) bond motifs is 1. The molecule has 1 aromatic carbocycles. The smallest absolute Gasteiger partial charge is 0.231 e. The van der Waals surface area contributed by atoms with Gasteiger partial charge < -0.3 is 25.0 Å². The fraction of sp³-hybridized carbons (Fsp3) is 0.500. The summed E-state index contributed by atoms with van der Waals surface area (Å²) in [7, 11) is 0. The van der Waals surface area contributed by atoms with E-state index in [1.165, 1.54) is 0 Å². The largest absolute Gasteiger partial charge is 0.454 e. The highest BCUT2D eigenvalue weighted by Crippen LogP contribution is 2.36. The molecule has 18 heavy (non-hydrogen) atoms. The first-order valence-electron chi connectivity index (χ1n) is 5.64. The molecule has 6 heteroatoms. The van der Waals surface area contributed by atoms with Crippen LogP contribution in [0.25, 0.3) is 0 Å². The fourth-order valence-electron chi connectivity index (χ4n) is 1.62. The maximum Gasteiger partial charge on any atom is 0.231 e. The molecule has 0 bridgehead atoms. The molecule has 1 atom stereocenters. The van der Waals surface area contributed by atoms with Gasteiger partial charge in [-0.05, 0) is 24.6 Å². The van der Waals surface area contributed by atoms with Crippen molar-refractivity contribution in [2.45, 2.75) is 19.1 Å². The molecule has 0 radical (unpaired) electrons. The number of aliphatic hydroxyl groups is 2. The van der Waals surface area contributed by atoms with Crippen LogP contribution in [0, 0.1) is 0 Å².